The Hall–Kier alpha value is -1.05. The summed E-state index contributed by atoms with van der Waals surface area (Å²) in [5, 5.41) is 0. The number of rotatable bonds is 3. The van der Waals surface area contributed by atoms with Crippen molar-refractivity contribution in [3.05, 3.63) is 29.1 Å². The Balaban J connectivity index is 2.23. The summed E-state index contributed by atoms with van der Waals surface area (Å²) in [5.74, 6) is 0.0107. The third-order valence-electron chi connectivity index (χ3n) is 3.10. The lowest BCUT2D eigenvalue weighted by atomic mass is 9.67. The third-order valence-corrected chi connectivity index (χ3v) is 3.10. The molecule has 2 aliphatic carbocycles. The van der Waals surface area contributed by atoms with Gasteiger partial charge in [-0.05, 0) is 48.8 Å². The molecule has 0 spiro atoms. The van der Waals surface area contributed by atoms with Crippen LogP contribution in [0, 0.1) is 12.7 Å². The van der Waals surface area contributed by atoms with Gasteiger partial charge in [0.05, 0.1) is 0 Å². The van der Waals surface area contributed by atoms with Gasteiger partial charge in [0.25, 0.3) is 0 Å². The second-order valence-electron chi connectivity index (χ2n) is 4.25. The van der Waals surface area contributed by atoms with Crippen LogP contribution in [0.5, 0.6) is 0 Å². The quantitative estimate of drug-likeness (QED) is 0.509. The second kappa shape index (κ2) is 2.98. The van der Waals surface area contributed by atoms with Crippen LogP contribution in [0.1, 0.15) is 24.5 Å². The Morgan fingerprint density at radius 3 is 2.64 bits per heavy atom. The molecule has 0 nitrogen and oxygen atoms in total. The molecule has 0 N–H and O–H groups in total. The van der Waals surface area contributed by atoms with Gasteiger partial charge < -0.3 is 0 Å². The lowest BCUT2D eigenvalue weighted by molar-refractivity contribution is 0.627. The molecule has 2 aliphatic rings. The predicted octanol–water partition coefficient (Wildman–Crippen LogP) is 1.88. The van der Waals surface area contributed by atoms with Gasteiger partial charge in [-0.3, -0.25) is 0 Å². The molecule has 14 heavy (non-hydrogen) atoms. The molecule has 0 aromatic carbocycles. The van der Waals surface area contributed by atoms with Crippen molar-refractivity contribution in [2.75, 3.05) is 0 Å². The Labute approximate surface area is 85.2 Å². The standard InChI is InChI=1S/C12H14BF/c1-6(2)4-5-8-7(3)9-10(8)11(13)12(9)14/h1,4-5,13H2,2-3H3. The van der Waals surface area contributed by atoms with E-state index in [9.17, 15) is 4.39 Å². The van der Waals surface area contributed by atoms with Crippen LogP contribution < -0.4 is 5.46 Å². The summed E-state index contributed by atoms with van der Waals surface area (Å²) in [7, 11) is 1.86. The molecule has 0 saturated heterocycles. The monoisotopic (exact) mass is 188 g/mol. The molecule has 2 heteroatoms. The van der Waals surface area contributed by atoms with Crippen molar-refractivity contribution >= 4 is 13.3 Å². The van der Waals surface area contributed by atoms with Crippen LogP contribution in [0.3, 0.4) is 0 Å². The minimum Gasteiger partial charge on any atom is -0.207 e. The number of hydrogen-bond acceptors (Lipinski definition) is 0. The molecule has 0 atom stereocenters. The Morgan fingerprint density at radius 1 is 1.43 bits per heavy atom. The molecule has 0 heterocycles. The second-order valence-corrected chi connectivity index (χ2v) is 4.25. The van der Waals surface area contributed by atoms with Crippen molar-refractivity contribution in [2.24, 2.45) is 0 Å². The zero-order valence-electron chi connectivity index (χ0n) is 9.00. The van der Waals surface area contributed by atoms with E-state index in [0.717, 1.165) is 29.4 Å². The maximum absolute atomic E-state index is 13.2. The van der Waals surface area contributed by atoms with Crippen LogP contribution in [0.4, 0.5) is 4.39 Å². The zero-order chi connectivity index (χ0) is 10.5. The van der Waals surface area contributed by atoms with E-state index in [0.29, 0.717) is 0 Å². The number of fused-ring (bicyclic) bond motifs is 1. The third kappa shape index (κ3) is 1.06. The molecule has 0 unspecified atom stereocenters. The summed E-state index contributed by atoms with van der Waals surface area (Å²) in [6.45, 7) is 7.93. The van der Waals surface area contributed by atoms with E-state index in [1.54, 1.807) is 0 Å². The first-order chi connectivity index (χ1) is 6.54. The minimum atomic E-state index is 0.0107. The molecule has 0 bridgehead atoms. The molecule has 0 radical (unpaired) electrons. The SMILES string of the molecule is Bc1c(F)c2c(C)c(CCC(=C)C)c1-2. The molecule has 0 aromatic heterocycles. The van der Waals surface area contributed by atoms with Gasteiger partial charge in [-0.2, -0.15) is 0 Å². The van der Waals surface area contributed by atoms with E-state index < -0.39 is 0 Å². The maximum atomic E-state index is 13.2. The van der Waals surface area contributed by atoms with Crippen LogP contribution in [-0.2, 0) is 6.42 Å². The van der Waals surface area contributed by atoms with E-state index in [1.807, 2.05) is 21.7 Å². The molecule has 0 amide bonds. The van der Waals surface area contributed by atoms with E-state index in [1.165, 1.54) is 16.7 Å². The van der Waals surface area contributed by atoms with Crippen LogP contribution in [0.15, 0.2) is 12.2 Å². The highest BCUT2D eigenvalue weighted by atomic mass is 19.1. The van der Waals surface area contributed by atoms with Crippen molar-refractivity contribution in [3.63, 3.8) is 0 Å². The highest BCUT2D eigenvalue weighted by molar-refractivity contribution is 6.40. The average Bonchev–Trinajstić information content (AvgIpc) is 2.12. The van der Waals surface area contributed by atoms with Crippen LogP contribution >= 0.6 is 0 Å². The van der Waals surface area contributed by atoms with Gasteiger partial charge in [-0.25, -0.2) is 4.39 Å². The smallest absolute Gasteiger partial charge is 0.144 e. The molecular formula is C12H14BF. The summed E-state index contributed by atoms with van der Waals surface area (Å²) in [6.07, 6.45) is 2.03. The van der Waals surface area contributed by atoms with Crippen molar-refractivity contribution in [1.82, 2.24) is 0 Å². The normalized spacial score (nSPS) is 11.6. The topological polar surface area (TPSA) is 0 Å². The Morgan fingerprint density at radius 2 is 2.07 bits per heavy atom. The summed E-state index contributed by atoms with van der Waals surface area (Å²) in [5.41, 5.74) is 6.63. The largest absolute Gasteiger partial charge is 0.207 e. The lowest BCUT2D eigenvalue weighted by Crippen LogP contribution is -2.29. The van der Waals surface area contributed by atoms with Crippen molar-refractivity contribution < 1.29 is 4.39 Å². The molecular weight excluding hydrogens is 174 g/mol. The first-order valence-corrected chi connectivity index (χ1v) is 5.00. The fourth-order valence-electron chi connectivity index (χ4n) is 2.19. The van der Waals surface area contributed by atoms with Crippen molar-refractivity contribution in [1.29, 1.82) is 0 Å². The van der Waals surface area contributed by atoms with Gasteiger partial charge in [0.1, 0.15) is 13.7 Å². The highest BCUT2D eigenvalue weighted by Crippen LogP contribution is 2.43. The van der Waals surface area contributed by atoms with Gasteiger partial charge in [0.15, 0.2) is 0 Å². The molecule has 72 valence electrons. The highest BCUT2D eigenvalue weighted by Gasteiger charge is 2.31. The van der Waals surface area contributed by atoms with Gasteiger partial charge in [-0.15, -0.1) is 6.58 Å². The summed E-state index contributed by atoms with van der Waals surface area (Å²) >= 11 is 0. The Kier molecular flexibility index (Phi) is 2.02. The van der Waals surface area contributed by atoms with Crippen LogP contribution in [0.25, 0.3) is 11.1 Å². The van der Waals surface area contributed by atoms with E-state index in [4.69, 9.17) is 0 Å². The van der Waals surface area contributed by atoms with E-state index >= 15 is 0 Å². The lowest BCUT2D eigenvalue weighted by Gasteiger charge is -2.31. The van der Waals surface area contributed by atoms with Gasteiger partial charge in [0, 0.05) is 5.56 Å². The first kappa shape index (κ1) is 9.51. The van der Waals surface area contributed by atoms with Crippen LogP contribution in [-0.4, -0.2) is 7.85 Å². The molecule has 0 aromatic rings. The van der Waals surface area contributed by atoms with Gasteiger partial charge >= 0.3 is 0 Å². The molecule has 0 aliphatic heterocycles. The molecule has 2 rings (SSSR count). The van der Waals surface area contributed by atoms with E-state index in [2.05, 4.69) is 6.58 Å². The predicted molar refractivity (Wildman–Crippen MR) is 61.4 cm³/mol. The molecule has 0 saturated carbocycles. The van der Waals surface area contributed by atoms with E-state index in [-0.39, 0.29) is 5.82 Å². The fourth-order valence-corrected chi connectivity index (χ4v) is 2.19. The van der Waals surface area contributed by atoms with Crippen molar-refractivity contribution in [3.8, 4) is 11.1 Å². The minimum absolute atomic E-state index is 0.0107. The van der Waals surface area contributed by atoms with Crippen LogP contribution in [0.2, 0.25) is 0 Å². The maximum Gasteiger partial charge on any atom is 0.144 e. The summed E-state index contributed by atoms with van der Waals surface area (Å²) < 4.78 is 13.2. The first-order valence-electron chi connectivity index (χ1n) is 5.00. The summed E-state index contributed by atoms with van der Waals surface area (Å²) in [4.78, 5) is 0. The summed E-state index contributed by atoms with van der Waals surface area (Å²) in [6, 6.07) is 0. The zero-order valence-corrected chi connectivity index (χ0v) is 9.00. The number of benzene rings is 1. The Bertz CT molecular complexity index is 433. The fraction of sp³-hybridized carbons (Fsp3) is 0.333. The molecule has 0 fully saturated rings. The number of hydrogen-bond donors (Lipinski definition) is 0. The number of allylic oxidation sites excluding steroid dienone is 1. The van der Waals surface area contributed by atoms with Gasteiger partial charge in [0.2, 0.25) is 0 Å². The number of halogens is 1. The average molecular weight is 188 g/mol. The van der Waals surface area contributed by atoms with Crippen molar-refractivity contribution in [2.45, 2.75) is 26.7 Å². The van der Waals surface area contributed by atoms with Gasteiger partial charge in [-0.1, -0.05) is 5.57 Å².